The van der Waals surface area contributed by atoms with Crippen LogP contribution < -0.4 is 11.1 Å². The molecule has 0 spiro atoms. The first kappa shape index (κ1) is 23.3. The van der Waals surface area contributed by atoms with Crippen molar-refractivity contribution in [2.45, 2.75) is 37.2 Å². The zero-order valence-corrected chi connectivity index (χ0v) is 18.1. The van der Waals surface area contributed by atoms with Crippen LogP contribution in [0.5, 0.6) is 0 Å². The van der Waals surface area contributed by atoms with Gasteiger partial charge in [0.2, 0.25) is 0 Å². The van der Waals surface area contributed by atoms with Gasteiger partial charge in [0.05, 0.1) is 6.04 Å². The Morgan fingerprint density at radius 2 is 2.10 bits per heavy atom. The van der Waals surface area contributed by atoms with E-state index in [0.717, 1.165) is 17.9 Å². The molecule has 3 saturated heterocycles. The summed E-state index contributed by atoms with van der Waals surface area (Å²) in [4.78, 5) is 11.9. The van der Waals surface area contributed by atoms with Crippen molar-refractivity contribution in [2.24, 2.45) is 17.6 Å². The average molecular weight is 450 g/mol. The number of carboxylic acid groups (broad SMARTS) is 1. The standard InChI is InChI=1S/C16H31BN4O6S2/c18-16(15(22)23)11-20(9-13(16)2-1-4-17(24)25)29(26,27)21(14-6-19-7-14)8-12-3-5-28-10-12/h12-14,19,24-25H,1-11,18H2,(H,22,23)/t12?,13-,16-/m0/s1. The summed E-state index contributed by atoms with van der Waals surface area (Å²) < 4.78 is 29.7. The molecular weight excluding hydrogens is 419 g/mol. The molecule has 0 bridgehead atoms. The SMILES string of the molecule is N[C@@]1(C(=O)O)CN(S(=O)(=O)N(CC2CCSC2)C2CNC2)C[C@@H]1CCCB(O)O. The number of nitrogens with one attached hydrogen (secondary N) is 1. The van der Waals surface area contributed by atoms with Gasteiger partial charge in [0.1, 0.15) is 5.54 Å². The number of hydrogen-bond acceptors (Lipinski definition) is 8. The maximum absolute atomic E-state index is 13.5. The van der Waals surface area contributed by atoms with Crippen molar-refractivity contribution in [2.75, 3.05) is 44.2 Å². The second-order valence-electron chi connectivity index (χ2n) is 8.37. The maximum atomic E-state index is 13.5. The van der Waals surface area contributed by atoms with Crippen molar-refractivity contribution in [1.82, 2.24) is 13.9 Å². The number of rotatable bonds is 10. The van der Waals surface area contributed by atoms with Gasteiger partial charge in [-0.3, -0.25) is 4.79 Å². The Kier molecular flexibility index (Phi) is 7.53. The van der Waals surface area contributed by atoms with Crippen molar-refractivity contribution < 1.29 is 28.4 Å². The molecule has 0 saturated carbocycles. The van der Waals surface area contributed by atoms with Crippen LogP contribution in [0.25, 0.3) is 0 Å². The van der Waals surface area contributed by atoms with Gasteiger partial charge in [0.15, 0.2) is 0 Å². The van der Waals surface area contributed by atoms with Gasteiger partial charge in [-0.2, -0.15) is 28.8 Å². The summed E-state index contributed by atoms with van der Waals surface area (Å²) in [6.07, 6.45) is 1.76. The molecule has 3 rings (SSSR count). The van der Waals surface area contributed by atoms with Crippen LogP contribution in [0.4, 0.5) is 0 Å². The van der Waals surface area contributed by atoms with Gasteiger partial charge in [-0.15, -0.1) is 0 Å². The van der Waals surface area contributed by atoms with Crippen LogP contribution in [0.3, 0.4) is 0 Å². The number of hydrogen-bond donors (Lipinski definition) is 5. The highest BCUT2D eigenvalue weighted by atomic mass is 32.2. The van der Waals surface area contributed by atoms with Crippen LogP contribution in [0.15, 0.2) is 0 Å². The van der Waals surface area contributed by atoms with Crippen molar-refractivity contribution in [1.29, 1.82) is 0 Å². The van der Waals surface area contributed by atoms with Crippen LogP contribution >= 0.6 is 11.8 Å². The highest BCUT2D eigenvalue weighted by molar-refractivity contribution is 7.99. The number of thioether (sulfide) groups is 1. The molecular formula is C16H31BN4O6S2. The molecule has 10 nitrogen and oxygen atoms in total. The zero-order valence-electron chi connectivity index (χ0n) is 16.4. The van der Waals surface area contributed by atoms with Crippen molar-refractivity contribution in [3.05, 3.63) is 0 Å². The van der Waals surface area contributed by atoms with Gasteiger partial charge in [0, 0.05) is 38.6 Å². The van der Waals surface area contributed by atoms with E-state index in [9.17, 15) is 18.3 Å². The fourth-order valence-corrected chi connectivity index (χ4v) is 7.49. The van der Waals surface area contributed by atoms with Crippen molar-refractivity contribution in [3.63, 3.8) is 0 Å². The number of carboxylic acids is 1. The first-order chi connectivity index (χ1) is 13.6. The van der Waals surface area contributed by atoms with E-state index in [-0.39, 0.29) is 25.5 Å². The average Bonchev–Trinajstić information content (AvgIpc) is 3.21. The van der Waals surface area contributed by atoms with E-state index < -0.39 is 34.8 Å². The molecule has 0 radical (unpaired) electrons. The summed E-state index contributed by atoms with van der Waals surface area (Å²) in [7, 11) is -5.32. The molecule has 3 fully saturated rings. The Labute approximate surface area is 176 Å². The summed E-state index contributed by atoms with van der Waals surface area (Å²) >= 11 is 1.83. The highest BCUT2D eigenvalue weighted by Crippen LogP contribution is 2.34. The van der Waals surface area contributed by atoms with Crippen molar-refractivity contribution in [3.8, 4) is 0 Å². The molecule has 0 aromatic heterocycles. The predicted molar refractivity (Wildman–Crippen MR) is 112 cm³/mol. The van der Waals surface area contributed by atoms with Gasteiger partial charge in [0.25, 0.3) is 10.2 Å². The van der Waals surface area contributed by atoms with E-state index in [4.69, 9.17) is 15.8 Å². The third-order valence-electron chi connectivity index (χ3n) is 6.26. The van der Waals surface area contributed by atoms with Crippen LogP contribution in [0.1, 0.15) is 19.3 Å². The van der Waals surface area contributed by atoms with Gasteiger partial charge < -0.3 is 26.2 Å². The molecule has 29 heavy (non-hydrogen) atoms. The van der Waals surface area contributed by atoms with Crippen LogP contribution in [-0.4, -0.2) is 101 Å². The normalized spacial score (nSPS) is 31.3. The smallest absolute Gasteiger partial charge is 0.451 e. The van der Waals surface area contributed by atoms with Gasteiger partial charge >= 0.3 is 13.1 Å². The summed E-state index contributed by atoms with van der Waals surface area (Å²) in [5, 5.41) is 30.9. The summed E-state index contributed by atoms with van der Waals surface area (Å²) in [5.74, 6) is 0.469. The Morgan fingerprint density at radius 3 is 2.62 bits per heavy atom. The molecule has 0 aromatic carbocycles. The van der Waals surface area contributed by atoms with E-state index in [1.807, 2.05) is 11.8 Å². The zero-order chi connectivity index (χ0) is 21.2. The summed E-state index contributed by atoms with van der Waals surface area (Å²) in [5.41, 5.74) is 4.49. The second-order valence-corrected chi connectivity index (χ2v) is 11.4. The molecule has 3 heterocycles. The van der Waals surface area contributed by atoms with E-state index in [2.05, 4.69) is 5.32 Å². The molecule has 0 amide bonds. The molecule has 166 valence electrons. The topological polar surface area (TPSA) is 156 Å². The molecule has 3 aliphatic rings. The molecule has 1 unspecified atom stereocenters. The minimum Gasteiger partial charge on any atom is -0.480 e. The number of aliphatic carboxylic acids is 1. The molecule has 3 atom stereocenters. The first-order valence-corrected chi connectivity index (χ1v) is 12.6. The lowest BCUT2D eigenvalue weighted by atomic mass is 9.78. The molecule has 0 aliphatic carbocycles. The lowest BCUT2D eigenvalue weighted by Gasteiger charge is -2.40. The fraction of sp³-hybridized carbons (Fsp3) is 0.938. The predicted octanol–water partition coefficient (Wildman–Crippen LogP) is -1.77. The Balaban J connectivity index is 1.75. The van der Waals surface area contributed by atoms with Gasteiger partial charge in [-0.1, -0.05) is 6.42 Å². The van der Waals surface area contributed by atoms with Crippen LogP contribution in [-0.2, 0) is 15.0 Å². The van der Waals surface area contributed by atoms with Gasteiger partial charge in [-0.05, 0) is 36.6 Å². The molecule has 13 heteroatoms. The quantitative estimate of drug-likeness (QED) is 0.243. The Morgan fingerprint density at radius 1 is 1.38 bits per heavy atom. The van der Waals surface area contributed by atoms with E-state index >= 15 is 0 Å². The molecule has 6 N–H and O–H groups in total. The Hall–Kier alpha value is -0.405. The Bertz CT molecular complexity index is 689. The van der Waals surface area contributed by atoms with Gasteiger partial charge in [-0.25, -0.2) is 0 Å². The van der Waals surface area contributed by atoms with Crippen LogP contribution in [0.2, 0.25) is 6.32 Å². The molecule has 3 aliphatic heterocycles. The monoisotopic (exact) mass is 450 g/mol. The summed E-state index contributed by atoms with van der Waals surface area (Å²) in [6, 6.07) is -0.119. The minimum absolute atomic E-state index is 0.0305. The minimum atomic E-state index is -3.85. The lowest BCUT2D eigenvalue weighted by molar-refractivity contribution is -0.144. The maximum Gasteiger partial charge on any atom is 0.451 e. The lowest BCUT2D eigenvalue weighted by Crippen LogP contribution is -2.62. The van der Waals surface area contributed by atoms with Crippen molar-refractivity contribution >= 4 is 35.1 Å². The van der Waals surface area contributed by atoms with E-state index in [1.165, 1.54) is 4.31 Å². The number of carbonyl (C=O) groups is 1. The second kappa shape index (κ2) is 9.39. The summed E-state index contributed by atoms with van der Waals surface area (Å²) in [6.45, 7) is 1.40. The third kappa shape index (κ3) is 5.09. The van der Waals surface area contributed by atoms with Crippen LogP contribution in [0, 0.1) is 11.8 Å². The molecule has 0 aromatic rings. The van der Waals surface area contributed by atoms with E-state index in [1.54, 1.807) is 4.31 Å². The highest BCUT2D eigenvalue weighted by Gasteiger charge is 2.54. The van der Waals surface area contributed by atoms with E-state index in [0.29, 0.717) is 38.4 Å². The largest absolute Gasteiger partial charge is 0.480 e. The third-order valence-corrected chi connectivity index (χ3v) is 9.46. The number of nitrogens with two attached hydrogens (primary N) is 1. The first-order valence-electron chi connectivity index (χ1n) is 10.1. The fourth-order valence-electron chi connectivity index (χ4n) is 4.25. The number of nitrogens with zero attached hydrogens (tertiary/aromatic N) is 2.